The Bertz CT molecular complexity index is 1370. The summed E-state index contributed by atoms with van der Waals surface area (Å²) in [7, 11) is 1.57. The minimum Gasteiger partial charge on any atom is -0.496 e. The van der Waals surface area contributed by atoms with Gasteiger partial charge in [0.15, 0.2) is 23.1 Å². The summed E-state index contributed by atoms with van der Waals surface area (Å²) in [4.78, 5) is 21.9. The number of nitrogens with one attached hydrogen (secondary N) is 2. The molecule has 0 spiro atoms. The van der Waals surface area contributed by atoms with Crippen molar-refractivity contribution in [1.82, 2.24) is 24.9 Å². The van der Waals surface area contributed by atoms with Gasteiger partial charge >= 0.3 is 0 Å². The van der Waals surface area contributed by atoms with E-state index in [-0.39, 0.29) is 6.04 Å². The molecule has 9 nitrogen and oxygen atoms in total. The third-order valence-corrected chi connectivity index (χ3v) is 6.59. The fourth-order valence-corrected chi connectivity index (χ4v) is 4.60. The minimum absolute atomic E-state index is 0.285. The van der Waals surface area contributed by atoms with Gasteiger partial charge in [0.2, 0.25) is 0 Å². The molecule has 2 N–H and O–H groups in total. The molecule has 35 heavy (non-hydrogen) atoms. The van der Waals surface area contributed by atoms with E-state index in [1.54, 1.807) is 25.7 Å². The maximum absolute atomic E-state index is 15.9. The molecule has 0 saturated carbocycles. The average molecular weight is 498 g/mol. The molecule has 0 radical (unpaired) electrons. The first-order valence-corrected chi connectivity index (χ1v) is 11.6. The van der Waals surface area contributed by atoms with Gasteiger partial charge in [0, 0.05) is 41.0 Å². The number of halogens is 2. The first kappa shape index (κ1) is 23.3. The number of nitrogens with zero attached hydrogens (tertiary/aromatic N) is 5. The summed E-state index contributed by atoms with van der Waals surface area (Å²) in [6, 6.07) is 3.21. The third-order valence-electron chi connectivity index (χ3n) is 6.20. The summed E-state index contributed by atoms with van der Waals surface area (Å²) >= 11 is 6.67. The smallest absolute Gasteiger partial charge is 0.182 e. The maximum atomic E-state index is 15.9. The Morgan fingerprint density at radius 1 is 1.23 bits per heavy atom. The standard InChI is InChI=1S/C24H25ClFN7O2/c1-13-17(25)10-16(14(2)32-23-20-22(29-11-28-20)30-12-31-23)21(34-3)18(13)15-4-5-27-24(19(15)26)33-6-8-35-9-7-33/h4-5,10-12,14H,6-9H2,1-3H3,(H2,28,29,30,31,32). The molecular formula is C24H25ClFN7O2. The molecule has 1 aliphatic rings. The third kappa shape index (κ3) is 4.23. The summed E-state index contributed by atoms with van der Waals surface area (Å²) in [5.41, 5.74) is 3.69. The van der Waals surface area contributed by atoms with Crippen LogP contribution in [0.3, 0.4) is 0 Å². The van der Waals surface area contributed by atoms with Crippen LogP contribution < -0.4 is 15.0 Å². The Labute approximate surface area is 206 Å². The Hall–Kier alpha value is -3.50. The number of morpholine rings is 1. The normalized spacial score (nSPS) is 14.8. The Morgan fingerprint density at radius 3 is 2.80 bits per heavy atom. The van der Waals surface area contributed by atoms with Gasteiger partial charge in [-0.1, -0.05) is 11.6 Å². The Morgan fingerprint density at radius 2 is 2.03 bits per heavy atom. The fourth-order valence-electron chi connectivity index (χ4n) is 4.39. The molecular weight excluding hydrogens is 473 g/mol. The number of anilines is 2. The average Bonchev–Trinajstić information content (AvgIpc) is 3.36. The number of hydrogen-bond donors (Lipinski definition) is 2. The van der Waals surface area contributed by atoms with E-state index < -0.39 is 5.82 Å². The number of pyridine rings is 1. The first-order valence-electron chi connectivity index (χ1n) is 11.2. The summed E-state index contributed by atoms with van der Waals surface area (Å²) in [6.07, 6.45) is 4.62. The highest BCUT2D eigenvalue weighted by Gasteiger charge is 2.26. The number of aromatic amines is 1. The van der Waals surface area contributed by atoms with Crippen molar-refractivity contribution >= 4 is 34.4 Å². The van der Waals surface area contributed by atoms with E-state index in [0.29, 0.717) is 71.0 Å². The van der Waals surface area contributed by atoms with E-state index in [4.69, 9.17) is 21.1 Å². The highest BCUT2D eigenvalue weighted by Crippen LogP contribution is 2.44. The van der Waals surface area contributed by atoms with E-state index in [1.165, 1.54) is 6.33 Å². The Balaban J connectivity index is 1.59. The van der Waals surface area contributed by atoms with Crippen LogP contribution in [0.5, 0.6) is 5.75 Å². The summed E-state index contributed by atoms with van der Waals surface area (Å²) in [6.45, 7) is 6.03. The van der Waals surface area contributed by atoms with E-state index >= 15 is 4.39 Å². The highest BCUT2D eigenvalue weighted by molar-refractivity contribution is 6.32. The van der Waals surface area contributed by atoms with Crippen molar-refractivity contribution < 1.29 is 13.9 Å². The predicted molar refractivity (Wildman–Crippen MR) is 133 cm³/mol. The molecule has 1 fully saturated rings. The van der Waals surface area contributed by atoms with E-state index in [9.17, 15) is 0 Å². The van der Waals surface area contributed by atoms with Crippen LogP contribution >= 0.6 is 11.6 Å². The van der Waals surface area contributed by atoms with E-state index in [1.807, 2.05) is 24.8 Å². The van der Waals surface area contributed by atoms with Crippen LogP contribution in [0.4, 0.5) is 16.0 Å². The summed E-state index contributed by atoms with van der Waals surface area (Å²) in [5.74, 6) is 0.993. The minimum atomic E-state index is -0.417. The van der Waals surface area contributed by atoms with Gasteiger partial charge in [0.1, 0.15) is 17.6 Å². The molecule has 4 aromatic rings. The zero-order chi connectivity index (χ0) is 24.5. The topological polar surface area (TPSA) is 101 Å². The second-order valence-electron chi connectivity index (χ2n) is 8.27. The lowest BCUT2D eigenvalue weighted by Gasteiger charge is -2.29. The highest BCUT2D eigenvalue weighted by atomic mass is 35.5. The molecule has 1 atom stereocenters. The largest absolute Gasteiger partial charge is 0.496 e. The quantitative estimate of drug-likeness (QED) is 0.400. The van der Waals surface area contributed by atoms with Crippen LogP contribution in [0.25, 0.3) is 22.3 Å². The summed E-state index contributed by atoms with van der Waals surface area (Å²) in [5, 5.41) is 3.88. The molecule has 1 unspecified atom stereocenters. The summed E-state index contributed by atoms with van der Waals surface area (Å²) < 4.78 is 27.2. The van der Waals surface area contributed by atoms with Crippen LogP contribution in [-0.4, -0.2) is 58.3 Å². The maximum Gasteiger partial charge on any atom is 0.182 e. The number of H-pyrrole nitrogens is 1. The number of hydrogen-bond acceptors (Lipinski definition) is 8. The van der Waals surface area contributed by atoms with Crippen molar-refractivity contribution in [2.75, 3.05) is 43.6 Å². The van der Waals surface area contributed by atoms with Gasteiger partial charge in [-0.2, -0.15) is 0 Å². The molecule has 4 heterocycles. The monoisotopic (exact) mass is 497 g/mol. The van der Waals surface area contributed by atoms with Crippen LogP contribution in [0.2, 0.25) is 5.02 Å². The lowest BCUT2D eigenvalue weighted by molar-refractivity contribution is 0.122. The number of rotatable bonds is 6. The number of methoxy groups -OCH3 is 1. The van der Waals surface area contributed by atoms with Crippen molar-refractivity contribution in [2.45, 2.75) is 19.9 Å². The second kappa shape index (κ2) is 9.63. The molecule has 1 aromatic carbocycles. The number of imidazole rings is 1. The van der Waals surface area contributed by atoms with Crippen LogP contribution in [-0.2, 0) is 4.74 Å². The molecule has 1 saturated heterocycles. The van der Waals surface area contributed by atoms with Gasteiger partial charge in [-0.15, -0.1) is 0 Å². The van der Waals surface area contributed by atoms with Gasteiger partial charge in [-0.05, 0) is 31.5 Å². The Kier molecular flexibility index (Phi) is 6.40. The van der Waals surface area contributed by atoms with E-state index in [0.717, 1.165) is 11.1 Å². The van der Waals surface area contributed by atoms with Crippen LogP contribution in [0, 0.1) is 12.7 Å². The van der Waals surface area contributed by atoms with Crippen molar-refractivity contribution in [3.05, 3.63) is 53.0 Å². The molecule has 11 heteroatoms. The predicted octanol–water partition coefficient (Wildman–Crippen LogP) is 4.53. The van der Waals surface area contributed by atoms with Crippen molar-refractivity contribution in [2.24, 2.45) is 0 Å². The molecule has 0 aliphatic carbocycles. The zero-order valence-corrected chi connectivity index (χ0v) is 20.4. The van der Waals surface area contributed by atoms with Gasteiger partial charge < -0.3 is 24.7 Å². The fraction of sp³-hybridized carbons (Fsp3) is 0.333. The van der Waals surface area contributed by atoms with Gasteiger partial charge in [0.25, 0.3) is 0 Å². The van der Waals surface area contributed by atoms with E-state index in [2.05, 4.69) is 30.2 Å². The second-order valence-corrected chi connectivity index (χ2v) is 8.67. The molecule has 0 amide bonds. The number of benzene rings is 1. The number of fused-ring (bicyclic) bond motifs is 1. The molecule has 182 valence electrons. The molecule has 0 bridgehead atoms. The first-order chi connectivity index (χ1) is 17.0. The van der Waals surface area contributed by atoms with Crippen LogP contribution in [0.1, 0.15) is 24.1 Å². The van der Waals surface area contributed by atoms with Crippen molar-refractivity contribution in [3.63, 3.8) is 0 Å². The number of ether oxygens (including phenoxy) is 2. The lowest BCUT2D eigenvalue weighted by atomic mass is 9.93. The van der Waals surface area contributed by atoms with Gasteiger partial charge in [-0.3, -0.25) is 0 Å². The van der Waals surface area contributed by atoms with Gasteiger partial charge in [-0.25, -0.2) is 24.3 Å². The lowest BCUT2D eigenvalue weighted by Crippen LogP contribution is -2.37. The SMILES string of the molecule is COc1c(C(C)Nc2ncnc3nc[nH]c23)cc(Cl)c(C)c1-c1ccnc(N2CCOCC2)c1F. The van der Waals surface area contributed by atoms with Crippen molar-refractivity contribution in [3.8, 4) is 16.9 Å². The molecule has 5 rings (SSSR count). The molecule has 1 aliphatic heterocycles. The van der Waals surface area contributed by atoms with Crippen LogP contribution in [0.15, 0.2) is 31.0 Å². The zero-order valence-electron chi connectivity index (χ0n) is 19.6. The molecule has 3 aromatic heterocycles. The van der Waals surface area contributed by atoms with Crippen molar-refractivity contribution in [1.29, 1.82) is 0 Å². The number of aromatic nitrogens is 5. The van der Waals surface area contributed by atoms with Gasteiger partial charge in [0.05, 0.1) is 32.7 Å².